The SMILES string of the molecule is Nc1nc(CCC(=O)[O-])nc(Nc2ccccc2)n1. The van der Waals surface area contributed by atoms with Crippen molar-refractivity contribution in [3.05, 3.63) is 36.2 Å². The number of anilines is 3. The molecule has 0 bridgehead atoms. The molecule has 0 fully saturated rings. The Morgan fingerprint density at radius 1 is 1.21 bits per heavy atom. The number of rotatable bonds is 5. The highest BCUT2D eigenvalue weighted by Gasteiger charge is 2.05. The fraction of sp³-hybridized carbons (Fsp3) is 0.167. The Morgan fingerprint density at radius 3 is 2.63 bits per heavy atom. The minimum atomic E-state index is -1.16. The van der Waals surface area contributed by atoms with E-state index in [-0.39, 0.29) is 24.7 Å². The number of nitrogens with two attached hydrogens (primary N) is 1. The molecule has 1 heterocycles. The molecule has 0 aliphatic carbocycles. The summed E-state index contributed by atoms with van der Waals surface area (Å²) in [4.78, 5) is 22.3. The minimum Gasteiger partial charge on any atom is -0.550 e. The van der Waals surface area contributed by atoms with Gasteiger partial charge in [-0.1, -0.05) is 18.2 Å². The van der Waals surface area contributed by atoms with E-state index in [4.69, 9.17) is 5.73 Å². The number of carboxylic acid groups (broad SMARTS) is 1. The Morgan fingerprint density at radius 2 is 1.95 bits per heavy atom. The monoisotopic (exact) mass is 258 g/mol. The quantitative estimate of drug-likeness (QED) is 0.767. The molecular weight excluding hydrogens is 246 g/mol. The number of aryl methyl sites for hydroxylation is 1. The predicted octanol–water partition coefficient (Wildman–Crippen LogP) is -0.120. The van der Waals surface area contributed by atoms with Crippen LogP contribution in [0.15, 0.2) is 30.3 Å². The van der Waals surface area contributed by atoms with Gasteiger partial charge < -0.3 is 21.0 Å². The van der Waals surface area contributed by atoms with E-state index in [2.05, 4.69) is 20.3 Å². The van der Waals surface area contributed by atoms with E-state index in [0.717, 1.165) is 5.69 Å². The minimum absolute atomic E-state index is 0.0433. The molecule has 0 saturated carbocycles. The second kappa shape index (κ2) is 5.76. The molecular formula is C12H12N5O2-. The van der Waals surface area contributed by atoms with Crippen LogP contribution >= 0.6 is 0 Å². The van der Waals surface area contributed by atoms with E-state index in [1.54, 1.807) is 0 Å². The van der Waals surface area contributed by atoms with Crippen molar-refractivity contribution in [3.8, 4) is 0 Å². The van der Waals surface area contributed by atoms with Crippen molar-refractivity contribution in [1.29, 1.82) is 0 Å². The standard InChI is InChI=1S/C12H13N5O2/c13-11-15-9(6-7-10(18)19)16-12(17-11)14-8-4-2-1-3-5-8/h1-5H,6-7H2,(H,18,19)(H3,13,14,15,16,17)/p-1. The molecule has 0 atom stereocenters. The van der Waals surface area contributed by atoms with Gasteiger partial charge in [0.15, 0.2) is 0 Å². The van der Waals surface area contributed by atoms with Crippen molar-refractivity contribution in [1.82, 2.24) is 15.0 Å². The molecule has 2 rings (SSSR count). The van der Waals surface area contributed by atoms with Crippen LogP contribution in [-0.2, 0) is 11.2 Å². The summed E-state index contributed by atoms with van der Waals surface area (Å²) in [7, 11) is 0. The van der Waals surface area contributed by atoms with E-state index in [0.29, 0.717) is 5.82 Å². The predicted molar refractivity (Wildman–Crippen MR) is 67.3 cm³/mol. The summed E-state index contributed by atoms with van der Waals surface area (Å²) in [5, 5.41) is 13.4. The van der Waals surface area contributed by atoms with E-state index < -0.39 is 5.97 Å². The maximum Gasteiger partial charge on any atom is 0.232 e. The van der Waals surface area contributed by atoms with Crippen molar-refractivity contribution in [2.45, 2.75) is 12.8 Å². The van der Waals surface area contributed by atoms with Gasteiger partial charge in [-0.25, -0.2) is 0 Å². The number of carboxylic acids is 1. The highest BCUT2D eigenvalue weighted by Crippen LogP contribution is 2.12. The smallest absolute Gasteiger partial charge is 0.232 e. The molecule has 3 N–H and O–H groups in total. The molecule has 0 amide bonds. The molecule has 2 aromatic rings. The van der Waals surface area contributed by atoms with Gasteiger partial charge in [0.25, 0.3) is 0 Å². The highest BCUT2D eigenvalue weighted by atomic mass is 16.4. The van der Waals surface area contributed by atoms with Crippen LogP contribution in [0.4, 0.5) is 17.6 Å². The number of nitrogens with zero attached hydrogens (tertiary/aromatic N) is 3. The van der Waals surface area contributed by atoms with Gasteiger partial charge in [0.05, 0.1) is 0 Å². The number of hydrogen-bond acceptors (Lipinski definition) is 7. The lowest BCUT2D eigenvalue weighted by molar-refractivity contribution is -0.305. The Kier molecular flexibility index (Phi) is 3.87. The number of para-hydroxylation sites is 1. The van der Waals surface area contributed by atoms with Gasteiger partial charge >= 0.3 is 0 Å². The summed E-state index contributed by atoms with van der Waals surface area (Å²) in [5.41, 5.74) is 6.36. The Balaban J connectivity index is 2.14. The van der Waals surface area contributed by atoms with Crippen LogP contribution in [0.1, 0.15) is 12.2 Å². The molecule has 1 aromatic heterocycles. The fourth-order valence-electron chi connectivity index (χ4n) is 1.47. The average molecular weight is 258 g/mol. The van der Waals surface area contributed by atoms with Gasteiger partial charge in [-0.3, -0.25) is 0 Å². The van der Waals surface area contributed by atoms with Crippen LogP contribution in [0.2, 0.25) is 0 Å². The van der Waals surface area contributed by atoms with Crippen LogP contribution in [0, 0.1) is 0 Å². The van der Waals surface area contributed by atoms with Crippen LogP contribution < -0.4 is 16.2 Å². The first-order chi connectivity index (χ1) is 9.13. The Labute approximate surface area is 109 Å². The number of hydrogen-bond donors (Lipinski definition) is 2. The lowest BCUT2D eigenvalue weighted by atomic mass is 10.3. The van der Waals surface area contributed by atoms with Crippen molar-refractivity contribution in [3.63, 3.8) is 0 Å². The van der Waals surface area contributed by atoms with Crippen LogP contribution in [0.3, 0.4) is 0 Å². The number of aliphatic carboxylic acids is 1. The summed E-state index contributed by atoms with van der Waals surface area (Å²) < 4.78 is 0. The summed E-state index contributed by atoms with van der Waals surface area (Å²) >= 11 is 0. The first-order valence-electron chi connectivity index (χ1n) is 5.66. The third-order valence-corrected chi connectivity index (χ3v) is 2.28. The van der Waals surface area contributed by atoms with Crippen LogP contribution in [0.5, 0.6) is 0 Å². The molecule has 0 radical (unpaired) electrons. The summed E-state index contributed by atoms with van der Waals surface area (Å²) in [5.74, 6) is -0.513. The van der Waals surface area contributed by atoms with Gasteiger partial charge in [-0.2, -0.15) is 15.0 Å². The van der Waals surface area contributed by atoms with E-state index in [1.165, 1.54) is 0 Å². The van der Waals surface area contributed by atoms with Crippen molar-refractivity contribution < 1.29 is 9.90 Å². The van der Waals surface area contributed by atoms with Gasteiger partial charge in [-0.15, -0.1) is 0 Å². The largest absolute Gasteiger partial charge is 0.550 e. The highest BCUT2D eigenvalue weighted by molar-refractivity contribution is 5.64. The maximum atomic E-state index is 10.4. The molecule has 0 aliphatic rings. The van der Waals surface area contributed by atoms with Crippen molar-refractivity contribution in [2.24, 2.45) is 0 Å². The molecule has 7 heteroatoms. The molecule has 0 saturated heterocycles. The first-order valence-corrected chi connectivity index (χ1v) is 5.66. The maximum absolute atomic E-state index is 10.4. The average Bonchev–Trinajstić information content (AvgIpc) is 2.37. The first kappa shape index (κ1) is 12.7. The number of nitrogens with one attached hydrogen (secondary N) is 1. The normalized spacial score (nSPS) is 10.1. The zero-order valence-electron chi connectivity index (χ0n) is 10.0. The molecule has 0 spiro atoms. The molecule has 19 heavy (non-hydrogen) atoms. The summed E-state index contributed by atoms with van der Waals surface area (Å²) in [6.07, 6.45) is -0.00719. The van der Waals surface area contributed by atoms with Gasteiger partial charge in [0.1, 0.15) is 5.82 Å². The van der Waals surface area contributed by atoms with Gasteiger partial charge in [0, 0.05) is 18.1 Å². The third-order valence-electron chi connectivity index (χ3n) is 2.28. The zero-order valence-corrected chi connectivity index (χ0v) is 10.0. The Bertz CT molecular complexity index is 574. The van der Waals surface area contributed by atoms with Crippen LogP contribution in [-0.4, -0.2) is 20.9 Å². The third kappa shape index (κ3) is 3.91. The van der Waals surface area contributed by atoms with Crippen molar-refractivity contribution in [2.75, 3.05) is 11.1 Å². The lowest BCUT2D eigenvalue weighted by Gasteiger charge is -2.07. The fourth-order valence-corrected chi connectivity index (χ4v) is 1.47. The molecule has 1 aromatic carbocycles. The van der Waals surface area contributed by atoms with Gasteiger partial charge in [0.2, 0.25) is 11.9 Å². The second-order valence-electron chi connectivity index (χ2n) is 3.80. The van der Waals surface area contributed by atoms with Gasteiger partial charge in [-0.05, 0) is 18.6 Å². The number of nitrogen functional groups attached to an aromatic ring is 1. The van der Waals surface area contributed by atoms with Crippen LogP contribution in [0.25, 0.3) is 0 Å². The van der Waals surface area contributed by atoms with E-state index in [9.17, 15) is 9.90 Å². The zero-order chi connectivity index (χ0) is 13.7. The number of benzene rings is 1. The topological polar surface area (TPSA) is 117 Å². The van der Waals surface area contributed by atoms with E-state index >= 15 is 0 Å². The molecule has 98 valence electrons. The molecule has 7 nitrogen and oxygen atoms in total. The lowest BCUT2D eigenvalue weighted by Crippen LogP contribution is -2.23. The van der Waals surface area contributed by atoms with E-state index in [1.807, 2.05) is 30.3 Å². The number of aromatic nitrogens is 3. The summed E-state index contributed by atoms with van der Waals surface area (Å²) in [6.45, 7) is 0. The molecule has 0 unspecified atom stereocenters. The second-order valence-corrected chi connectivity index (χ2v) is 3.80. The number of carbonyl (C=O) groups excluding carboxylic acids is 1. The molecule has 0 aliphatic heterocycles. The summed E-state index contributed by atoms with van der Waals surface area (Å²) in [6, 6.07) is 9.31. The van der Waals surface area contributed by atoms with Crippen molar-refractivity contribution >= 4 is 23.6 Å². The Hall–Kier alpha value is -2.70. The number of carbonyl (C=O) groups is 1.